The number of carbonyl (C=O) groups is 1. The van der Waals surface area contributed by atoms with Gasteiger partial charge < -0.3 is 5.32 Å². The van der Waals surface area contributed by atoms with E-state index in [4.69, 9.17) is 0 Å². The number of nitrogens with one attached hydrogen (secondary N) is 1. The SMILES string of the molecule is C\C=C/C(/C=C/c1ccc(C)cc1)=C\C=NCCCC(=O)NCCS. The monoisotopic (exact) mass is 356 g/mol. The third-order valence-electron chi connectivity index (χ3n) is 3.40. The molecule has 0 aliphatic heterocycles. The van der Waals surface area contributed by atoms with E-state index in [9.17, 15) is 4.79 Å². The van der Waals surface area contributed by atoms with Gasteiger partial charge in [-0.25, -0.2) is 0 Å². The number of benzene rings is 1. The molecule has 0 aliphatic rings. The lowest BCUT2D eigenvalue weighted by Crippen LogP contribution is -2.24. The lowest BCUT2D eigenvalue weighted by molar-refractivity contribution is -0.121. The smallest absolute Gasteiger partial charge is 0.220 e. The molecule has 3 nitrogen and oxygen atoms in total. The van der Waals surface area contributed by atoms with Gasteiger partial charge in [0.25, 0.3) is 0 Å². The molecule has 0 aromatic heterocycles. The van der Waals surface area contributed by atoms with E-state index in [0.29, 0.717) is 25.3 Å². The number of allylic oxidation sites excluding steroid dienone is 5. The normalized spacial score (nSPS) is 12.5. The van der Waals surface area contributed by atoms with Crippen molar-refractivity contribution in [3.8, 4) is 0 Å². The molecule has 0 atom stereocenters. The number of hydrogen-bond donors (Lipinski definition) is 2. The highest BCUT2D eigenvalue weighted by Gasteiger charge is 1.97. The molecular weight excluding hydrogens is 328 g/mol. The van der Waals surface area contributed by atoms with Crippen molar-refractivity contribution in [3.05, 3.63) is 65.3 Å². The average molecular weight is 357 g/mol. The van der Waals surface area contributed by atoms with Crippen LogP contribution in [0.1, 0.15) is 30.9 Å². The molecule has 0 aliphatic carbocycles. The Morgan fingerprint density at radius 2 is 2.00 bits per heavy atom. The van der Waals surface area contributed by atoms with E-state index in [1.165, 1.54) is 11.1 Å². The molecular formula is C21H28N2OS. The molecule has 0 saturated heterocycles. The van der Waals surface area contributed by atoms with E-state index < -0.39 is 0 Å². The van der Waals surface area contributed by atoms with E-state index >= 15 is 0 Å². The summed E-state index contributed by atoms with van der Waals surface area (Å²) in [4.78, 5) is 15.8. The summed E-state index contributed by atoms with van der Waals surface area (Å²) in [5.41, 5.74) is 3.51. The molecule has 1 amide bonds. The zero-order chi connectivity index (χ0) is 18.3. The van der Waals surface area contributed by atoms with Crippen molar-refractivity contribution in [3.63, 3.8) is 0 Å². The van der Waals surface area contributed by atoms with Gasteiger partial charge in [0.2, 0.25) is 5.91 Å². The molecule has 0 bridgehead atoms. The first-order valence-electron chi connectivity index (χ1n) is 8.61. The second-order valence-electron chi connectivity index (χ2n) is 5.64. The first kappa shape index (κ1) is 21.0. The molecule has 0 unspecified atom stereocenters. The van der Waals surface area contributed by atoms with Gasteiger partial charge in [-0.3, -0.25) is 9.79 Å². The van der Waals surface area contributed by atoms with Gasteiger partial charge in [0.1, 0.15) is 0 Å². The predicted octanol–water partition coefficient (Wildman–Crippen LogP) is 4.41. The summed E-state index contributed by atoms with van der Waals surface area (Å²) < 4.78 is 0. The molecule has 0 heterocycles. The van der Waals surface area contributed by atoms with Crippen LogP contribution in [-0.2, 0) is 4.79 Å². The molecule has 0 fully saturated rings. The summed E-state index contributed by atoms with van der Waals surface area (Å²) in [5.74, 6) is 0.730. The number of aryl methyl sites for hydroxylation is 1. The summed E-state index contributed by atoms with van der Waals surface area (Å²) in [7, 11) is 0. The maximum Gasteiger partial charge on any atom is 0.220 e. The number of amides is 1. The Morgan fingerprint density at radius 3 is 2.68 bits per heavy atom. The Morgan fingerprint density at radius 1 is 1.24 bits per heavy atom. The van der Waals surface area contributed by atoms with Gasteiger partial charge in [0.05, 0.1) is 0 Å². The van der Waals surface area contributed by atoms with Crippen LogP contribution < -0.4 is 5.32 Å². The third kappa shape index (κ3) is 10.4. The summed E-state index contributed by atoms with van der Waals surface area (Å²) in [6.07, 6.45) is 13.2. The number of aliphatic imine (C=N–C) groups is 1. The van der Waals surface area contributed by atoms with Crippen molar-refractivity contribution in [2.45, 2.75) is 26.7 Å². The highest BCUT2D eigenvalue weighted by molar-refractivity contribution is 7.80. The first-order chi connectivity index (χ1) is 12.2. The molecule has 4 heteroatoms. The van der Waals surface area contributed by atoms with Gasteiger partial charge in [-0.2, -0.15) is 12.6 Å². The van der Waals surface area contributed by atoms with Crippen LogP contribution in [-0.4, -0.2) is 31.0 Å². The van der Waals surface area contributed by atoms with Gasteiger partial charge in [0.15, 0.2) is 0 Å². The van der Waals surface area contributed by atoms with Crippen LogP contribution in [0.4, 0.5) is 0 Å². The number of nitrogens with zero attached hydrogens (tertiary/aromatic N) is 1. The Labute approximate surface area is 157 Å². The Balaban J connectivity index is 2.46. The summed E-state index contributed by atoms with van der Waals surface area (Å²) >= 11 is 4.06. The summed E-state index contributed by atoms with van der Waals surface area (Å²) in [6.45, 7) is 5.34. The fraction of sp³-hybridized carbons (Fsp3) is 0.333. The van der Waals surface area contributed by atoms with Crippen LogP contribution in [0.2, 0.25) is 0 Å². The maximum absolute atomic E-state index is 11.4. The van der Waals surface area contributed by atoms with Gasteiger partial charge in [-0.1, -0.05) is 54.1 Å². The lowest BCUT2D eigenvalue weighted by Gasteiger charge is -2.00. The Kier molecular flexibility index (Phi) is 11.1. The fourth-order valence-corrected chi connectivity index (χ4v) is 2.17. The highest BCUT2D eigenvalue weighted by atomic mass is 32.1. The summed E-state index contributed by atoms with van der Waals surface area (Å²) in [6, 6.07) is 8.41. The molecule has 0 saturated carbocycles. The van der Waals surface area contributed by atoms with E-state index in [-0.39, 0.29) is 5.91 Å². The lowest BCUT2D eigenvalue weighted by atomic mass is 10.1. The van der Waals surface area contributed by atoms with E-state index in [0.717, 1.165) is 12.0 Å². The van der Waals surface area contributed by atoms with Gasteiger partial charge in [-0.15, -0.1) is 0 Å². The zero-order valence-electron chi connectivity index (χ0n) is 15.1. The van der Waals surface area contributed by atoms with Crippen molar-refractivity contribution in [2.75, 3.05) is 18.8 Å². The highest BCUT2D eigenvalue weighted by Crippen LogP contribution is 2.08. The molecule has 1 aromatic carbocycles. The van der Waals surface area contributed by atoms with Crippen molar-refractivity contribution in [2.24, 2.45) is 4.99 Å². The van der Waals surface area contributed by atoms with Gasteiger partial charge in [-0.05, 0) is 37.5 Å². The predicted molar refractivity (Wildman–Crippen MR) is 113 cm³/mol. The number of hydrogen-bond acceptors (Lipinski definition) is 3. The molecule has 25 heavy (non-hydrogen) atoms. The topological polar surface area (TPSA) is 41.5 Å². The summed E-state index contributed by atoms with van der Waals surface area (Å²) in [5, 5.41) is 2.80. The molecule has 1 N–H and O–H groups in total. The van der Waals surface area contributed by atoms with Crippen LogP contribution in [0.25, 0.3) is 6.08 Å². The van der Waals surface area contributed by atoms with E-state index in [1.807, 2.05) is 25.2 Å². The second-order valence-corrected chi connectivity index (χ2v) is 6.09. The van der Waals surface area contributed by atoms with Crippen LogP contribution in [0.3, 0.4) is 0 Å². The fourth-order valence-electron chi connectivity index (χ4n) is 2.06. The standard InChI is InChI=1S/C21H28N2OS/c1-3-5-19(11-12-20-9-7-18(2)8-10-20)13-15-22-14-4-6-21(24)23-16-17-25/h3,5,7-13,15,25H,4,6,14,16-17H2,1-2H3,(H,23,24)/b5-3-,12-11+,19-13+,22-15?. The molecule has 1 rings (SSSR count). The quantitative estimate of drug-likeness (QED) is 0.277. The molecule has 0 spiro atoms. The average Bonchev–Trinajstić information content (AvgIpc) is 2.62. The number of thiol groups is 1. The Hall–Kier alpha value is -2.07. The van der Waals surface area contributed by atoms with Crippen LogP contribution >= 0.6 is 12.6 Å². The Bertz CT molecular complexity index is 628. The molecule has 134 valence electrons. The second kappa shape index (κ2) is 13.2. The van der Waals surface area contributed by atoms with Gasteiger partial charge >= 0.3 is 0 Å². The minimum absolute atomic E-state index is 0.0652. The van der Waals surface area contributed by atoms with E-state index in [2.05, 4.69) is 66.3 Å². The van der Waals surface area contributed by atoms with Crippen LogP contribution in [0.5, 0.6) is 0 Å². The van der Waals surface area contributed by atoms with Crippen molar-refractivity contribution < 1.29 is 4.79 Å². The molecule has 1 aromatic rings. The number of rotatable bonds is 10. The van der Waals surface area contributed by atoms with Crippen LogP contribution in [0, 0.1) is 6.92 Å². The van der Waals surface area contributed by atoms with Crippen molar-refractivity contribution in [1.29, 1.82) is 0 Å². The third-order valence-corrected chi connectivity index (χ3v) is 3.63. The first-order valence-corrected chi connectivity index (χ1v) is 9.24. The molecule has 0 radical (unpaired) electrons. The van der Waals surface area contributed by atoms with Crippen molar-refractivity contribution >= 4 is 30.8 Å². The number of carbonyl (C=O) groups excluding carboxylic acids is 1. The van der Waals surface area contributed by atoms with Crippen molar-refractivity contribution in [1.82, 2.24) is 5.32 Å². The minimum Gasteiger partial charge on any atom is -0.355 e. The zero-order valence-corrected chi connectivity index (χ0v) is 16.0. The van der Waals surface area contributed by atoms with Crippen LogP contribution in [0.15, 0.2) is 59.1 Å². The maximum atomic E-state index is 11.4. The van der Waals surface area contributed by atoms with E-state index in [1.54, 1.807) is 6.21 Å². The minimum atomic E-state index is 0.0652. The van der Waals surface area contributed by atoms with Gasteiger partial charge in [0, 0.05) is 31.5 Å². The largest absolute Gasteiger partial charge is 0.355 e.